The third-order valence-corrected chi connectivity index (χ3v) is 3.23. The number of hydrogen-bond donors (Lipinski definition) is 3. The third kappa shape index (κ3) is 8.06. The van der Waals surface area contributed by atoms with E-state index in [1.807, 2.05) is 0 Å². The van der Waals surface area contributed by atoms with Crippen molar-refractivity contribution in [3.8, 4) is 0 Å². The van der Waals surface area contributed by atoms with Gasteiger partial charge in [0.2, 0.25) is 0 Å². The summed E-state index contributed by atoms with van der Waals surface area (Å²) in [5.41, 5.74) is 0. The van der Waals surface area contributed by atoms with Crippen molar-refractivity contribution in [2.75, 3.05) is 19.8 Å². The summed E-state index contributed by atoms with van der Waals surface area (Å²) in [5, 5.41) is 15.2. The second-order valence-corrected chi connectivity index (χ2v) is 5.73. The summed E-state index contributed by atoms with van der Waals surface area (Å²) in [6.45, 7) is 6.34. The molecule has 19 heavy (non-hydrogen) atoms. The van der Waals surface area contributed by atoms with E-state index >= 15 is 0 Å². The van der Waals surface area contributed by atoms with Gasteiger partial charge in [-0.15, -0.1) is 0 Å². The monoisotopic (exact) mass is 272 g/mol. The highest BCUT2D eigenvalue weighted by molar-refractivity contribution is 5.74. The summed E-state index contributed by atoms with van der Waals surface area (Å²) in [7, 11) is 0. The van der Waals surface area contributed by atoms with Gasteiger partial charge in [0.05, 0.1) is 6.10 Å². The molecule has 3 N–H and O–H groups in total. The number of amides is 2. The number of aliphatic hydroxyl groups is 1. The van der Waals surface area contributed by atoms with Crippen molar-refractivity contribution in [1.29, 1.82) is 0 Å². The molecule has 1 aliphatic carbocycles. The summed E-state index contributed by atoms with van der Waals surface area (Å²) >= 11 is 0. The maximum atomic E-state index is 11.6. The first-order valence-electron chi connectivity index (χ1n) is 7.38. The molecule has 0 radical (unpaired) electrons. The summed E-state index contributed by atoms with van der Waals surface area (Å²) in [6.07, 6.45) is 3.96. The van der Waals surface area contributed by atoms with Crippen molar-refractivity contribution in [1.82, 2.24) is 10.6 Å². The SMILES string of the molecule is CC(C)COCCCNC(=O)NC1CCC(O)CC1. The first-order valence-corrected chi connectivity index (χ1v) is 7.38. The highest BCUT2D eigenvalue weighted by Gasteiger charge is 2.20. The molecule has 0 aromatic heterocycles. The molecule has 0 bridgehead atoms. The van der Waals surface area contributed by atoms with Crippen LogP contribution in [0.25, 0.3) is 0 Å². The first kappa shape index (κ1) is 16.2. The minimum atomic E-state index is -0.181. The number of aliphatic hydroxyl groups excluding tert-OH is 1. The van der Waals surface area contributed by atoms with Gasteiger partial charge in [0.25, 0.3) is 0 Å². The lowest BCUT2D eigenvalue weighted by Gasteiger charge is -2.26. The molecule has 0 unspecified atom stereocenters. The van der Waals surface area contributed by atoms with E-state index in [4.69, 9.17) is 4.74 Å². The second kappa shape index (κ2) is 9.15. The van der Waals surface area contributed by atoms with E-state index in [9.17, 15) is 9.90 Å². The van der Waals surface area contributed by atoms with Gasteiger partial charge < -0.3 is 20.5 Å². The highest BCUT2D eigenvalue weighted by atomic mass is 16.5. The van der Waals surface area contributed by atoms with E-state index in [-0.39, 0.29) is 18.2 Å². The molecule has 112 valence electrons. The van der Waals surface area contributed by atoms with Gasteiger partial charge in [-0.1, -0.05) is 13.8 Å². The maximum Gasteiger partial charge on any atom is 0.315 e. The lowest BCUT2D eigenvalue weighted by atomic mass is 9.93. The minimum absolute atomic E-state index is 0.106. The van der Waals surface area contributed by atoms with E-state index < -0.39 is 0 Å². The van der Waals surface area contributed by atoms with Gasteiger partial charge in [0.1, 0.15) is 0 Å². The van der Waals surface area contributed by atoms with Crippen LogP contribution in [0.4, 0.5) is 4.79 Å². The zero-order valence-electron chi connectivity index (χ0n) is 12.2. The van der Waals surface area contributed by atoms with Crippen LogP contribution < -0.4 is 10.6 Å². The van der Waals surface area contributed by atoms with Crippen molar-refractivity contribution in [3.05, 3.63) is 0 Å². The molecule has 0 aromatic rings. The van der Waals surface area contributed by atoms with E-state index in [0.717, 1.165) is 38.7 Å². The van der Waals surface area contributed by atoms with Crippen LogP contribution in [0.5, 0.6) is 0 Å². The lowest BCUT2D eigenvalue weighted by Crippen LogP contribution is -2.44. The Bertz CT molecular complexity index is 251. The molecule has 2 amide bonds. The van der Waals surface area contributed by atoms with Crippen LogP contribution in [-0.4, -0.2) is 43.0 Å². The Morgan fingerprint density at radius 1 is 1.32 bits per heavy atom. The zero-order valence-corrected chi connectivity index (χ0v) is 12.2. The predicted octanol–water partition coefficient (Wildman–Crippen LogP) is 1.65. The topological polar surface area (TPSA) is 70.6 Å². The van der Waals surface area contributed by atoms with Crippen LogP contribution in [-0.2, 0) is 4.74 Å². The van der Waals surface area contributed by atoms with Crippen LogP contribution in [0, 0.1) is 5.92 Å². The summed E-state index contributed by atoms with van der Waals surface area (Å²) < 4.78 is 5.44. The van der Waals surface area contributed by atoms with Crippen LogP contribution in [0.1, 0.15) is 46.0 Å². The van der Waals surface area contributed by atoms with Gasteiger partial charge >= 0.3 is 6.03 Å². The number of ether oxygens (including phenoxy) is 1. The first-order chi connectivity index (χ1) is 9.08. The van der Waals surface area contributed by atoms with Gasteiger partial charge in [-0.05, 0) is 38.0 Å². The van der Waals surface area contributed by atoms with Crippen molar-refractivity contribution < 1.29 is 14.6 Å². The normalized spacial score (nSPS) is 23.4. The fourth-order valence-electron chi connectivity index (χ4n) is 2.15. The maximum absolute atomic E-state index is 11.6. The average Bonchev–Trinajstić information content (AvgIpc) is 2.36. The molecular weight excluding hydrogens is 244 g/mol. The number of hydrogen-bond acceptors (Lipinski definition) is 3. The molecule has 0 atom stereocenters. The predicted molar refractivity (Wildman–Crippen MR) is 75.1 cm³/mol. The third-order valence-electron chi connectivity index (χ3n) is 3.23. The lowest BCUT2D eigenvalue weighted by molar-refractivity contribution is 0.108. The summed E-state index contributed by atoms with van der Waals surface area (Å²) in [5.74, 6) is 0.554. The van der Waals surface area contributed by atoms with E-state index in [1.165, 1.54) is 0 Å². The fourth-order valence-corrected chi connectivity index (χ4v) is 2.15. The van der Waals surface area contributed by atoms with E-state index in [1.54, 1.807) is 0 Å². The minimum Gasteiger partial charge on any atom is -0.393 e. The zero-order chi connectivity index (χ0) is 14.1. The summed E-state index contributed by atoms with van der Waals surface area (Å²) in [4.78, 5) is 11.6. The van der Waals surface area contributed by atoms with Gasteiger partial charge in [0, 0.05) is 25.8 Å². The van der Waals surface area contributed by atoms with Gasteiger partial charge in [-0.2, -0.15) is 0 Å². The molecule has 1 rings (SSSR count). The fraction of sp³-hybridized carbons (Fsp3) is 0.929. The van der Waals surface area contributed by atoms with Crippen LogP contribution >= 0.6 is 0 Å². The average molecular weight is 272 g/mol. The molecule has 0 aromatic carbocycles. The molecule has 0 aliphatic heterocycles. The van der Waals surface area contributed by atoms with Crippen molar-refractivity contribution in [2.24, 2.45) is 5.92 Å². The Hall–Kier alpha value is -0.810. The number of carbonyl (C=O) groups excluding carboxylic acids is 1. The van der Waals surface area contributed by atoms with Crippen LogP contribution in [0.3, 0.4) is 0 Å². The molecule has 1 fully saturated rings. The molecule has 0 saturated heterocycles. The quantitative estimate of drug-likeness (QED) is 0.617. The largest absolute Gasteiger partial charge is 0.393 e. The van der Waals surface area contributed by atoms with Crippen LogP contribution in [0.2, 0.25) is 0 Å². The molecule has 1 saturated carbocycles. The van der Waals surface area contributed by atoms with Crippen molar-refractivity contribution >= 4 is 6.03 Å². The van der Waals surface area contributed by atoms with Gasteiger partial charge in [0.15, 0.2) is 0 Å². The van der Waals surface area contributed by atoms with Gasteiger partial charge in [-0.25, -0.2) is 4.79 Å². The standard InChI is InChI=1S/C14H28N2O3/c1-11(2)10-19-9-3-8-15-14(18)16-12-4-6-13(17)7-5-12/h11-13,17H,3-10H2,1-2H3,(H2,15,16,18). The Morgan fingerprint density at radius 2 is 2.00 bits per heavy atom. The number of carbonyl (C=O) groups is 1. The molecular formula is C14H28N2O3. The molecule has 5 heteroatoms. The van der Waals surface area contributed by atoms with Crippen LogP contribution in [0.15, 0.2) is 0 Å². The second-order valence-electron chi connectivity index (χ2n) is 5.73. The Morgan fingerprint density at radius 3 is 2.63 bits per heavy atom. The number of rotatable bonds is 7. The molecule has 1 aliphatic rings. The molecule has 0 heterocycles. The van der Waals surface area contributed by atoms with E-state index in [2.05, 4.69) is 24.5 Å². The van der Waals surface area contributed by atoms with Crippen molar-refractivity contribution in [2.45, 2.75) is 58.1 Å². The number of urea groups is 1. The smallest absolute Gasteiger partial charge is 0.315 e. The number of nitrogens with one attached hydrogen (secondary N) is 2. The Kier molecular flexibility index (Phi) is 7.82. The van der Waals surface area contributed by atoms with Crippen molar-refractivity contribution in [3.63, 3.8) is 0 Å². The summed E-state index contributed by atoms with van der Waals surface area (Å²) in [6, 6.07) is 0.103. The molecule has 5 nitrogen and oxygen atoms in total. The Balaban J connectivity index is 1.96. The van der Waals surface area contributed by atoms with Gasteiger partial charge in [-0.3, -0.25) is 0 Å². The van der Waals surface area contributed by atoms with E-state index in [0.29, 0.717) is 19.1 Å². The highest BCUT2D eigenvalue weighted by Crippen LogP contribution is 2.17. The molecule has 0 spiro atoms. The Labute approximate surface area is 116 Å².